The van der Waals surface area contributed by atoms with Crippen molar-refractivity contribution in [2.75, 3.05) is 11.1 Å². The fourth-order valence-electron chi connectivity index (χ4n) is 1.61. The molecule has 7 heteroatoms. The van der Waals surface area contributed by atoms with Gasteiger partial charge in [0.1, 0.15) is 11.8 Å². The van der Waals surface area contributed by atoms with Crippen molar-refractivity contribution in [3.05, 3.63) is 40.7 Å². The second-order valence-electron chi connectivity index (χ2n) is 3.83. The average molecular weight is 276 g/mol. The molecular weight excluding hydrogens is 266 g/mol. The van der Waals surface area contributed by atoms with Gasteiger partial charge in [0.05, 0.1) is 22.5 Å². The van der Waals surface area contributed by atoms with Crippen molar-refractivity contribution in [1.82, 2.24) is 9.78 Å². The summed E-state index contributed by atoms with van der Waals surface area (Å²) < 4.78 is 1.38. The van der Waals surface area contributed by atoms with Gasteiger partial charge in [-0.25, -0.2) is 0 Å². The van der Waals surface area contributed by atoms with E-state index in [1.807, 2.05) is 6.07 Å². The second kappa shape index (κ2) is 5.00. The molecule has 1 aromatic carbocycles. The van der Waals surface area contributed by atoms with E-state index in [1.54, 1.807) is 19.2 Å². The number of benzene rings is 1. The Kier molecular flexibility index (Phi) is 3.40. The molecule has 1 amide bonds. The zero-order valence-electron chi connectivity index (χ0n) is 10.0. The highest BCUT2D eigenvalue weighted by Crippen LogP contribution is 2.20. The first-order chi connectivity index (χ1) is 9.02. The van der Waals surface area contributed by atoms with Crippen molar-refractivity contribution < 1.29 is 4.79 Å². The van der Waals surface area contributed by atoms with E-state index >= 15 is 0 Å². The Balaban J connectivity index is 2.28. The molecule has 0 bridgehead atoms. The Labute approximate surface area is 114 Å². The van der Waals surface area contributed by atoms with Gasteiger partial charge in [0.2, 0.25) is 0 Å². The maximum absolute atomic E-state index is 12.0. The third-order valence-electron chi connectivity index (χ3n) is 2.53. The van der Waals surface area contributed by atoms with Gasteiger partial charge < -0.3 is 11.1 Å². The fourth-order valence-corrected chi connectivity index (χ4v) is 1.77. The zero-order chi connectivity index (χ0) is 14.0. The number of carbonyl (C=O) groups excluding carboxylic acids is 1. The number of hydrogen-bond acceptors (Lipinski definition) is 4. The number of nitrogen functional groups attached to an aromatic ring is 1. The number of carbonyl (C=O) groups is 1. The molecule has 96 valence electrons. The molecule has 0 fully saturated rings. The van der Waals surface area contributed by atoms with Gasteiger partial charge in [-0.15, -0.1) is 0 Å². The number of nitrogens with zero attached hydrogens (tertiary/aromatic N) is 3. The van der Waals surface area contributed by atoms with Crippen LogP contribution in [0, 0.1) is 11.3 Å². The number of nitriles is 1. The maximum atomic E-state index is 12.0. The zero-order valence-corrected chi connectivity index (χ0v) is 10.8. The van der Waals surface area contributed by atoms with Crippen molar-refractivity contribution in [1.29, 1.82) is 5.26 Å². The highest BCUT2D eigenvalue weighted by atomic mass is 35.5. The Hall–Kier alpha value is -2.52. The third-order valence-corrected chi connectivity index (χ3v) is 2.86. The van der Waals surface area contributed by atoms with Crippen molar-refractivity contribution in [2.24, 2.45) is 7.05 Å². The Morgan fingerprint density at radius 3 is 2.89 bits per heavy atom. The second-order valence-corrected chi connectivity index (χ2v) is 4.24. The molecule has 0 aliphatic carbocycles. The Morgan fingerprint density at radius 1 is 1.58 bits per heavy atom. The molecule has 2 aromatic rings. The van der Waals surface area contributed by atoms with Gasteiger partial charge in [0.15, 0.2) is 0 Å². The van der Waals surface area contributed by atoms with E-state index in [2.05, 4.69) is 10.4 Å². The predicted molar refractivity (Wildman–Crippen MR) is 71.7 cm³/mol. The molecule has 0 saturated carbocycles. The van der Waals surface area contributed by atoms with Gasteiger partial charge in [-0.2, -0.15) is 10.4 Å². The minimum Gasteiger partial charge on any atom is -0.396 e. The molecule has 0 aliphatic heterocycles. The lowest BCUT2D eigenvalue weighted by molar-refractivity contribution is 0.101. The topological polar surface area (TPSA) is 96.7 Å². The molecule has 0 radical (unpaired) electrons. The van der Waals surface area contributed by atoms with E-state index in [0.717, 1.165) is 0 Å². The third kappa shape index (κ3) is 2.51. The van der Waals surface area contributed by atoms with Crippen LogP contribution < -0.4 is 11.1 Å². The molecule has 0 spiro atoms. The first-order valence-electron chi connectivity index (χ1n) is 5.31. The highest BCUT2D eigenvalue weighted by molar-refractivity contribution is 6.31. The van der Waals surface area contributed by atoms with E-state index < -0.39 is 5.91 Å². The molecule has 0 unspecified atom stereocenters. The van der Waals surface area contributed by atoms with Gasteiger partial charge in [-0.1, -0.05) is 11.6 Å². The van der Waals surface area contributed by atoms with Crippen molar-refractivity contribution in [3.63, 3.8) is 0 Å². The van der Waals surface area contributed by atoms with Crippen LogP contribution in [0.5, 0.6) is 0 Å². The molecular formula is C12H10ClN5O. The number of aromatic nitrogens is 2. The molecule has 1 heterocycles. The SMILES string of the molecule is Cn1ncc(N)c1C(=O)Nc1ccc(Cl)c(C#N)c1. The van der Waals surface area contributed by atoms with E-state index in [4.69, 9.17) is 22.6 Å². The largest absolute Gasteiger partial charge is 0.396 e. The quantitative estimate of drug-likeness (QED) is 0.873. The number of nitrogens with two attached hydrogens (primary N) is 1. The summed E-state index contributed by atoms with van der Waals surface area (Å²) in [5, 5.41) is 15.7. The van der Waals surface area contributed by atoms with Crippen LogP contribution in [0.4, 0.5) is 11.4 Å². The molecule has 0 atom stereocenters. The monoisotopic (exact) mass is 275 g/mol. The molecule has 6 nitrogen and oxygen atoms in total. The average Bonchev–Trinajstić information content (AvgIpc) is 2.71. The van der Waals surface area contributed by atoms with Gasteiger partial charge in [-0.3, -0.25) is 9.48 Å². The van der Waals surface area contributed by atoms with E-state index in [1.165, 1.54) is 16.9 Å². The lowest BCUT2D eigenvalue weighted by Gasteiger charge is -2.07. The molecule has 1 aromatic heterocycles. The summed E-state index contributed by atoms with van der Waals surface area (Å²) in [4.78, 5) is 12.0. The summed E-state index contributed by atoms with van der Waals surface area (Å²) >= 11 is 5.81. The molecule has 2 rings (SSSR count). The van der Waals surface area contributed by atoms with Crippen molar-refractivity contribution in [2.45, 2.75) is 0 Å². The van der Waals surface area contributed by atoms with Gasteiger partial charge >= 0.3 is 0 Å². The van der Waals surface area contributed by atoms with Crippen molar-refractivity contribution in [3.8, 4) is 6.07 Å². The smallest absolute Gasteiger partial charge is 0.276 e. The van der Waals surface area contributed by atoms with Crippen LogP contribution in [-0.2, 0) is 7.05 Å². The standard InChI is InChI=1S/C12H10ClN5O/c1-18-11(10(15)6-16-18)12(19)17-8-2-3-9(13)7(4-8)5-14/h2-4,6H,15H2,1H3,(H,17,19). The van der Waals surface area contributed by atoms with Gasteiger partial charge in [-0.05, 0) is 18.2 Å². The Bertz CT molecular complexity index is 666. The summed E-state index contributed by atoms with van der Waals surface area (Å²) in [5.74, 6) is -0.399. The normalized spacial score (nSPS) is 9.95. The number of anilines is 2. The summed E-state index contributed by atoms with van der Waals surface area (Å²) in [6.45, 7) is 0. The minimum atomic E-state index is -0.399. The minimum absolute atomic E-state index is 0.258. The molecule has 3 N–H and O–H groups in total. The Morgan fingerprint density at radius 2 is 2.32 bits per heavy atom. The first kappa shape index (κ1) is 12.9. The summed E-state index contributed by atoms with van der Waals surface area (Å²) in [6.07, 6.45) is 1.40. The summed E-state index contributed by atoms with van der Waals surface area (Å²) in [6, 6.07) is 6.58. The van der Waals surface area contributed by atoms with Crippen LogP contribution in [0.15, 0.2) is 24.4 Å². The number of hydrogen-bond donors (Lipinski definition) is 2. The van der Waals surface area contributed by atoms with Crippen LogP contribution in [0.25, 0.3) is 0 Å². The van der Waals surface area contributed by atoms with E-state index in [0.29, 0.717) is 10.7 Å². The summed E-state index contributed by atoms with van der Waals surface area (Å²) in [7, 11) is 1.62. The van der Waals surface area contributed by atoms with E-state index in [-0.39, 0.29) is 16.9 Å². The van der Waals surface area contributed by atoms with Crippen LogP contribution in [0.2, 0.25) is 5.02 Å². The first-order valence-corrected chi connectivity index (χ1v) is 5.69. The number of nitrogens with one attached hydrogen (secondary N) is 1. The summed E-state index contributed by atoms with van der Waals surface area (Å²) in [5.41, 5.74) is 6.96. The van der Waals surface area contributed by atoms with Gasteiger partial charge in [0, 0.05) is 12.7 Å². The van der Waals surface area contributed by atoms with E-state index in [9.17, 15) is 4.79 Å². The fraction of sp³-hybridized carbons (Fsp3) is 0.0833. The van der Waals surface area contributed by atoms with Crippen LogP contribution >= 0.6 is 11.6 Å². The number of rotatable bonds is 2. The van der Waals surface area contributed by atoms with Crippen LogP contribution in [0.1, 0.15) is 16.1 Å². The number of halogens is 1. The number of amides is 1. The predicted octanol–water partition coefficient (Wildman–Crippen LogP) is 1.78. The lowest BCUT2D eigenvalue weighted by atomic mass is 10.2. The lowest BCUT2D eigenvalue weighted by Crippen LogP contribution is -2.17. The number of aryl methyl sites for hydroxylation is 1. The van der Waals surface area contributed by atoms with Gasteiger partial charge in [0.25, 0.3) is 5.91 Å². The van der Waals surface area contributed by atoms with Crippen LogP contribution in [0.3, 0.4) is 0 Å². The van der Waals surface area contributed by atoms with Crippen molar-refractivity contribution >= 4 is 28.9 Å². The molecule has 0 aliphatic rings. The molecule has 0 saturated heterocycles. The highest BCUT2D eigenvalue weighted by Gasteiger charge is 2.15. The maximum Gasteiger partial charge on any atom is 0.276 e. The van der Waals surface area contributed by atoms with Crippen LogP contribution in [-0.4, -0.2) is 15.7 Å². The molecule has 19 heavy (non-hydrogen) atoms.